The van der Waals surface area contributed by atoms with Crippen molar-refractivity contribution in [1.29, 1.82) is 0 Å². The lowest BCUT2D eigenvalue weighted by atomic mass is 10.1. The van der Waals surface area contributed by atoms with Gasteiger partial charge < -0.3 is 19.7 Å². The number of anilines is 1. The molecular formula is C20H19ClN2O4S. The van der Waals surface area contributed by atoms with Crippen molar-refractivity contribution < 1.29 is 19.1 Å². The van der Waals surface area contributed by atoms with E-state index in [9.17, 15) is 9.59 Å². The number of thioether (sulfide) groups is 1. The number of nitrogens with one attached hydrogen (secondary N) is 1. The number of ether oxygens (including phenoxy) is 2. The number of nitrogens with zero attached hydrogens (tertiary/aromatic N) is 1. The lowest BCUT2D eigenvalue weighted by molar-refractivity contribution is -0.129. The molecule has 2 aromatic rings. The van der Waals surface area contributed by atoms with Gasteiger partial charge in [0.05, 0.1) is 36.4 Å². The van der Waals surface area contributed by atoms with E-state index in [-0.39, 0.29) is 18.4 Å². The molecule has 0 aromatic heterocycles. The molecule has 1 aliphatic rings. The molecule has 0 saturated carbocycles. The second-order valence-corrected chi connectivity index (χ2v) is 7.16. The molecule has 0 radical (unpaired) electrons. The first kappa shape index (κ1) is 20.1. The molecule has 2 amide bonds. The number of methoxy groups -OCH3 is 2. The van der Waals surface area contributed by atoms with Crippen molar-refractivity contribution in [3.8, 4) is 11.5 Å². The topological polar surface area (TPSA) is 67.9 Å². The van der Waals surface area contributed by atoms with Crippen LogP contribution >= 0.6 is 23.4 Å². The fourth-order valence-electron chi connectivity index (χ4n) is 2.77. The van der Waals surface area contributed by atoms with Gasteiger partial charge in [-0.25, -0.2) is 0 Å². The minimum Gasteiger partial charge on any atom is -0.495 e. The lowest BCUT2D eigenvalue weighted by Crippen LogP contribution is -2.39. The molecule has 1 heterocycles. The Hall–Kier alpha value is -2.64. The fourth-order valence-corrected chi connectivity index (χ4v) is 3.80. The van der Waals surface area contributed by atoms with Crippen LogP contribution in [0.2, 0.25) is 5.02 Å². The van der Waals surface area contributed by atoms with E-state index in [2.05, 4.69) is 5.32 Å². The van der Waals surface area contributed by atoms with Crippen LogP contribution in [0.5, 0.6) is 11.5 Å². The highest BCUT2D eigenvalue weighted by Crippen LogP contribution is 2.36. The van der Waals surface area contributed by atoms with Crippen molar-refractivity contribution in [2.24, 2.45) is 0 Å². The average molecular weight is 419 g/mol. The predicted molar refractivity (Wildman–Crippen MR) is 112 cm³/mol. The van der Waals surface area contributed by atoms with Gasteiger partial charge in [-0.05, 0) is 11.0 Å². The number of hydrogen-bond acceptors (Lipinski definition) is 5. The van der Waals surface area contributed by atoms with Gasteiger partial charge in [0, 0.05) is 12.1 Å². The van der Waals surface area contributed by atoms with E-state index in [4.69, 9.17) is 21.1 Å². The highest BCUT2D eigenvalue weighted by atomic mass is 35.5. The maximum absolute atomic E-state index is 12.7. The second kappa shape index (κ2) is 9.03. The summed E-state index contributed by atoms with van der Waals surface area (Å²) in [6, 6.07) is 12.6. The van der Waals surface area contributed by atoms with Gasteiger partial charge in [-0.3, -0.25) is 9.59 Å². The van der Waals surface area contributed by atoms with Gasteiger partial charge in [-0.15, -0.1) is 11.8 Å². The van der Waals surface area contributed by atoms with Crippen LogP contribution in [0, 0.1) is 0 Å². The van der Waals surface area contributed by atoms with E-state index < -0.39 is 0 Å². The standard InChI is InChI=1S/C20H19ClN2O4S/c1-26-17-9-15(18(27-2)8-14(17)21)22-19(24)10-23-16(11-28-12-20(23)25)13-6-4-3-5-7-13/h3-9,11H,10,12H2,1-2H3,(H,22,24). The molecular weight excluding hydrogens is 400 g/mol. The molecule has 2 aromatic carbocycles. The summed E-state index contributed by atoms with van der Waals surface area (Å²) in [6.07, 6.45) is 0. The summed E-state index contributed by atoms with van der Waals surface area (Å²) in [6.45, 7) is -0.117. The number of carbonyl (C=O) groups is 2. The molecule has 3 rings (SSSR count). The SMILES string of the molecule is COc1cc(NC(=O)CN2C(=O)CSC=C2c2ccccc2)c(OC)cc1Cl. The van der Waals surface area contributed by atoms with Crippen molar-refractivity contribution in [2.75, 3.05) is 31.8 Å². The Kier molecular flexibility index (Phi) is 6.49. The number of amides is 2. The molecule has 1 N–H and O–H groups in total. The van der Waals surface area contributed by atoms with Gasteiger partial charge >= 0.3 is 0 Å². The Morgan fingerprint density at radius 3 is 2.57 bits per heavy atom. The van der Waals surface area contributed by atoms with Crippen molar-refractivity contribution in [3.63, 3.8) is 0 Å². The molecule has 0 bridgehead atoms. The summed E-state index contributed by atoms with van der Waals surface area (Å²) in [4.78, 5) is 26.6. The molecule has 0 spiro atoms. The summed E-state index contributed by atoms with van der Waals surface area (Å²) < 4.78 is 10.5. The van der Waals surface area contributed by atoms with E-state index in [1.54, 1.807) is 12.1 Å². The zero-order chi connectivity index (χ0) is 20.1. The van der Waals surface area contributed by atoms with Crippen LogP contribution in [0.3, 0.4) is 0 Å². The summed E-state index contributed by atoms with van der Waals surface area (Å²) >= 11 is 7.52. The highest BCUT2D eigenvalue weighted by molar-refractivity contribution is 8.03. The summed E-state index contributed by atoms with van der Waals surface area (Å²) in [5.41, 5.74) is 2.00. The normalized spacial score (nSPS) is 13.8. The van der Waals surface area contributed by atoms with Gasteiger partial charge in [0.1, 0.15) is 18.0 Å². The zero-order valence-electron chi connectivity index (χ0n) is 15.4. The molecule has 28 heavy (non-hydrogen) atoms. The Bertz CT molecular complexity index is 918. The molecule has 146 valence electrons. The summed E-state index contributed by atoms with van der Waals surface area (Å²) in [7, 11) is 2.97. The molecule has 0 fully saturated rings. The van der Waals surface area contributed by atoms with Gasteiger partial charge in [-0.2, -0.15) is 0 Å². The first-order valence-electron chi connectivity index (χ1n) is 8.42. The number of hydrogen-bond donors (Lipinski definition) is 1. The van der Waals surface area contributed by atoms with Crippen LogP contribution in [0.25, 0.3) is 5.70 Å². The van der Waals surface area contributed by atoms with Crippen LogP contribution in [-0.4, -0.2) is 43.2 Å². The van der Waals surface area contributed by atoms with Crippen molar-refractivity contribution >= 4 is 46.6 Å². The number of rotatable bonds is 6. The molecule has 8 heteroatoms. The Balaban J connectivity index is 1.81. The molecule has 0 atom stereocenters. The zero-order valence-corrected chi connectivity index (χ0v) is 17.0. The van der Waals surface area contributed by atoms with E-state index in [0.717, 1.165) is 5.56 Å². The molecule has 0 saturated heterocycles. The second-order valence-electron chi connectivity index (χ2n) is 5.90. The van der Waals surface area contributed by atoms with Gasteiger partial charge in [0.25, 0.3) is 0 Å². The van der Waals surface area contributed by atoms with Crippen LogP contribution < -0.4 is 14.8 Å². The minimum atomic E-state index is -0.357. The third-order valence-corrected chi connectivity index (χ3v) is 5.21. The van der Waals surface area contributed by atoms with Crippen LogP contribution in [-0.2, 0) is 9.59 Å². The molecule has 6 nitrogen and oxygen atoms in total. The first-order chi connectivity index (χ1) is 13.5. The van der Waals surface area contributed by atoms with E-state index >= 15 is 0 Å². The summed E-state index contributed by atoms with van der Waals surface area (Å²) in [5, 5.41) is 5.04. The van der Waals surface area contributed by atoms with Crippen LogP contribution in [0.4, 0.5) is 5.69 Å². The Morgan fingerprint density at radius 2 is 1.89 bits per heavy atom. The largest absolute Gasteiger partial charge is 0.495 e. The smallest absolute Gasteiger partial charge is 0.244 e. The van der Waals surface area contributed by atoms with Crippen LogP contribution in [0.1, 0.15) is 5.56 Å². The fraction of sp³-hybridized carbons (Fsp3) is 0.200. The van der Waals surface area contributed by atoms with E-state index in [0.29, 0.717) is 33.7 Å². The maximum atomic E-state index is 12.7. The predicted octanol–water partition coefficient (Wildman–Crippen LogP) is 3.87. The third kappa shape index (κ3) is 4.43. The Morgan fingerprint density at radius 1 is 1.18 bits per heavy atom. The van der Waals surface area contributed by atoms with Crippen molar-refractivity contribution in [3.05, 3.63) is 58.5 Å². The highest BCUT2D eigenvalue weighted by Gasteiger charge is 2.26. The maximum Gasteiger partial charge on any atom is 0.244 e. The lowest BCUT2D eigenvalue weighted by Gasteiger charge is -2.28. The van der Waals surface area contributed by atoms with Crippen LogP contribution in [0.15, 0.2) is 47.9 Å². The number of benzene rings is 2. The average Bonchev–Trinajstić information content (AvgIpc) is 2.71. The number of halogens is 1. The molecule has 1 aliphatic heterocycles. The Labute approximate surface area is 172 Å². The third-order valence-electron chi connectivity index (χ3n) is 4.11. The molecule has 0 aliphatic carbocycles. The molecule has 0 unspecified atom stereocenters. The minimum absolute atomic E-state index is 0.117. The first-order valence-corrected chi connectivity index (χ1v) is 9.85. The summed E-state index contributed by atoms with van der Waals surface area (Å²) in [5.74, 6) is 0.625. The quantitative estimate of drug-likeness (QED) is 0.771. The number of carbonyl (C=O) groups excluding carboxylic acids is 2. The van der Waals surface area contributed by atoms with Crippen molar-refractivity contribution in [2.45, 2.75) is 0 Å². The van der Waals surface area contributed by atoms with Gasteiger partial charge in [0.15, 0.2) is 0 Å². The van der Waals surface area contributed by atoms with Gasteiger partial charge in [0.2, 0.25) is 11.8 Å². The van der Waals surface area contributed by atoms with E-state index in [1.165, 1.54) is 30.9 Å². The van der Waals surface area contributed by atoms with E-state index in [1.807, 2.05) is 35.7 Å². The van der Waals surface area contributed by atoms with Crippen molar-refractivity contribution in [1.82, 2.24) is 4.90 Å². The van der Waals surface area contributed by atoms with Gasteiger partial charge in [-0.1, -0.05) is 41.9 Å². The monoisotopic (exact) mass is 418 g/mol.